The quantitative estimate of drug-likeness (QED) is 0.823. The van der Waals surface area contributed by atoms with Crippen LogP contribution in [0.25, 0.3) is 5.57 Å². The number of allylic oxidation sites excluding steroid dienone is 2. The van der Waals surface area contributed by atoms with E-state index in [0.29, 0.717) is 0 Å². The number of ether oxygens (including phenoxy) is 1. The Labute approximate surface area is 107 Å². The second-order valence-electron chi connectivity index (χ2n) is 5.04. The van der Waals surface area contributed by atoms with Gasteiger partial charge < -0.3 is 10.1 Å². The van der Waals surface area contributed by atoms with Gasteiger partial charge in [0, 0.05) is 17.2 Å². The van der Waals surface area contributed by atoms with Crippen LogP contribution in [0.4, 0.5) is 0 Å². The molecule has 94 valence electrons. The lowest BCUT2D eigenvalue weighted by Gasteiger charge is -2.31. The Kier molecular flexibility index (Phi) is 2.62. The van der Waals surface area contributed by atoms with Crippen molar-refractivity contribution in [3.8, 4) is 5.75 Å². The molecule has 1 aromatic rings. The second kappa shape index (κ2) is 4.16. The zero-order valence-corrected chi connectivity index (χ0v) is 10.7. The number of carbonyl (C=O) groups is 1. The third kappa shape index (κ3) is 1.62. The van der Waals surface area contributed by atoms with Crippen molar-refractivity contribution < 1.29 is 9.53 Å². The monoisotopic (exact) mass is 243 g/mol. The molecule has 0 bridgehead atoms. The SMILES string of the molecule is COc1cccc2c1CCC1=C2CC(C)C(=O)N1. The smallest absolute Gasteiger partial charge is 0.227 e. The van der Waals surface area contributed by atoms with Gasteiger partial charge in [0.25, 0.3) is 0 Å². The highest BCUT2D eigenvalue weighted by molar-refractivity contribution is 5.89. The Bertz CT molecular complexity index is 545. The summed E-state index contributed by atoms with van der Waals surface area (Å²) in [5, 5.41) is 3.05. The summed E-state index contributed by atoms with van der Waals surface area (Å²) in [5.74, 6) is 1.17. The van der Waals surface area contributed by atoms with Gasteiger partial charge in [-0.25, -0.2) is 0 Å². The van der Waals surface area contributed by atoms with E-state index in [1.54, 1.807) is 7.11 Å². The number of benzene rings is 1. The molecule has 0 radical (unpaired) electrons. The van der Waals surface area contributed by atoms with Gasteiger partial charge in [-0.3, -0.25) is 4.79 Å². The average molecular weight is 243 g/mol. The molecule has 1 heterocycles. The molecule has 1 aromatic carbocycles. The minimum absolute atomic E-state index is 0.0564. The summed E-state index contributed by atoms with van der Waals surface area (Å²) in [5.41, 5.74) is 4.94. The van der Waals surface area contributed by atoms with Gasteiger partial charge in [-0.15, -0.1) is 0 Å². The standard InChI is InChI=1S/C15H17NO2/c1-9-8-12-10-4-3-5-14(18-2)11(10)6-7-13(12)16-15(9)17/h3-5,9H,6-8H2,1-2H3,(H,16,17). The van der Waals surface area contributed by atoms with Crippen LogP contribution in [0.5, 0.6) is 5.75 Å². The van der Waals surface area contributed by atoms with Crippen LogP contribution >= 0.6 is 0 Å². The number of carbonyl (C=O) groups excluding carboxylic acids is 1. The Morgan fingerprint density at radius 3 is 2.94 bits per heavy atom. The predicted octanol–water partition coefficient (Wildman–Crippen LogP) is 2.51. The topological polar surface area (TPSA) is 38.3 Å². The number of hydrogen-bond donors (Lipinski definition) is 1. The summed E-state index contributed by atoms with van der Waals surface area (Å²) in [6.07, 6.45) is 2.68. The molecule has 1 unspecified atom stereocenters. The highest BCUT2D eigenvalue weighted by Crippen LogP contribution is 2.40. The zero-order valence-electron chi connectivity index (χ0n) is 10.7. The number of fused-ring (bicyclic) bond motifs is 2. The van der Waals surface area contributed by atoms with Crippen molar-refractivity contribution in [3.63, 3.8) is 0 Å². The number of rotatable bonds is 1. The lowest BCUT2D eigenvalue weighted by molar-refractivity contribution is -0.124. The maximum atomic E-state index is 11.7. The summed E-state index contributed by atoms with van der Waals surface area (Å²) < 4.78 is 5.43. The molecule has 1 N–H and O–H groups in total. The lowest BCUT2D eigenvalue weighted by atomic mass is 9.81. The predicted molar refractivity (Wildman–Crippen MR) is 70.2 cm³/mol. The van der Waals surface area contributed by atoms with Gasteiger partial charge in [-0.05, 0) is 36.5 Å². The van der Waals surface area contributed by atoms with Crippen molar-refractivity contribution in [2.24, 2.45) is 5.92 Å². The van der Waals surface area contributed by atoms with Gasteiger partial charge in [0.05, 0.1) is 7.11 Å². The van der Waals surface area contributed by atoms with E-state index in [1.165, 1.54) is 16.7 Å². The van der Waals surface area contributed by atoms with E-state index in [1.807, 2.05) is 19.1 Å². The Hall–Kier alpha value is -1.77. The maximum Gasteiger partial charge on any atom is 0.227 e. The van der Waals surface area contributed by atoms with Crippen LogP contribution < -0.4 is 10.1 Å². The fourth-order valence-electron chi connectivity index (χ4n) is 2.90. The first-order valence-electron chi connectivity index (χ1n) is 6.40. The van der Waals surface area contributed by atoms with Crippen molar-refractivity contribution >= 4 is 11.5 Å². The van der Waals surface area contributed by atoms with Crippen molar-refractivity contribution in [1.82, 2.24) is 5.32 Å². The zero-order chi connectivity index (χ0) is 12.7. The minimum atomic E-state index is 0.0564. The van der Waals surface area contributed by atoms with Gasteiger partial charge in [0.1, 0.15) is 5.75 Å². The van der Waals surface area contributed by atoms with E-state index < -0.39 is 0 Å². The van der Waals surface area contributed by atoms with E-state index in [9.17, 15) is 4.79 Å². The largest absolute Gasteiger partial charge is 0.496 e. The molecule has 3 rings (SSSR count). The van der Waals surface area contributed by atoms with Crippen molar-refractivity contribution in [2.75, 3.05) is 7.11 Å². The summed E-state index contributed by atoms with van der Waals surface area (Å²) in [6.45, 7) is 1.98. The molecule has 0 aromatic heterocycles. The maximum absolute atomic E-state index is 11.7. The van der Waals surface area contributed by atoms with Crippen LogP contribution in [-0.4, -0.2) is 13.0 Å². The molecule has 0 saturated carbocycles. The second-order valence-corrected chi connectivity index (χ2v) is 5.04. The van der Waals surface area contributed by atoms with Crippen LogP contribution in [0.3, 0.4) is 0 Å². The Morgan fingerprint density at radius 2 is 2.17 bits per heavy atom. The lowest BCUT2D eigenvalue weighted by Crippen LogP contribution is -2.35. The highest BCUT2D eigenvalue weighted by Gasteiger charge is 2.29. The third-order valence-electron chi connectivity index (χ3n) is 3.90. The van der Waals surface area contributed by atoms with E-state index in [4.69, 9.17) is 4.74 Å². The summed E-state index contributed by atoms with van der Waals surface area (Å²) in [6, 6.07) is 6.17. The summed E-state index contributed by atoms with van der Waals surface area (Å²) in [4.78, 5) is 11.7. The molecule has 0 saturated heterocycles. The Balaban J connectivity index is 2.11. The molecular weight excluding hydrogens is 226 g/mol. The number of nitrogens with one attached hydrogen (secondary N) is 1. The van der Waals surface area contributed by atoms with Gasteiger partial charge in [-0.1, -0.05) is 19.1 Å². The average Bonchev–Trinajstić information content (AvgIpc) is 2.39. The number of hydrogen-bond acceptors (Lipinski definition) is 2. The van der Waals surface area contributed by atoms with Gasteiger partial charge in [0.2, 0.25) is 5.91 Å². The Morgan fingerprint density at radius 1 is 1.33 bits per heavy atom. The minimum Gasteiger partial charge on any atom is -0.496 e. The molecule has 0 fully saturated rings. The molecule has 1 amide bonds. The highest BCUT2D eigenvalue weighted by atomic mass is 16.5. The molecule has 3 nitrogen and oxygen atoms in total. The molecule has 0 spiro atoms. The molecule has 1 atom stereocenters. The first-order chi connectivity index (χ1) is 8.70. The van der Waals surface area contributed by atoms with Crippen LogP contribution in [0.15, 0.2) is 23.9 Å². The molecule has 18 heavy (non-hydrogen) atoms. The van der Waals surface area contributed by atoms with E-state index in [2.05, 4.69) is 11.4 Å². The van der Waals surface area contributed by atoms with E-state index in [-0.39, 0.29) is 11.8 Å². The molecular formula is C15H17NO2. The van der Waals surface area contributed by atoms with E-state index in [0.717, 1.165) is 30.7 Å². The summed E-state index contributed by atoms with van der Waals surface area (Å²) in [7, 11) is 1.71. The van der Waals surface area contributed by atoms with Gasteiger partial charge >= 0.3 is 0 Å². The molecule has 2 aliphatic rings. The first-order valence-corrected chi connectivity index (χ1v) is 6.40. The number of amides is 1. The fourth-order valence-corrected chi connectivity index (χ4v) is 2.90. The molecule has 3 heteroatoms. The summed E-state index contributed by atoms with van der Waals surface area (Å²) >= 11 is 0. The first kappa shape index (κ1) is 11.3. The van der Waals surface area contributed by atoms with Gasteiger partial charge in [-0.2, -0.15) is 0 Å². The molecule has 1 aliphatic carbocycles. The van der Waals surface area contributed by atoms with Crippen LogP contribution in [-0.2, 0) is 11.2 Å². The third-order valence-corrected chi connectivity index (χ3v) is 3.90. The van der Waals surface area contributed by atoms with Crippen molar-refractivity contribution in [2.45, 2.75) is 26.2 Å². The fraction of sp³-hybridized carbons (Fsp3) is 0.400. The normalized spacial score (nSPS) is 22.1. The van der Waals surface area contributed by atoms with Crippen molar-refractivity contribution in [1.29, 1.82) is 0 Å². The van der Waals surface area contributed by atoms with Gasteiger partial charge in [0.15, 0.2) is 0 Å². The van der Waals surface area contributed by atoms with Crippen LogP contribution in [0.2, 0.25) is 0 Å². The van der Waals surface area contributed by atoms with Crippen molar-refractivity contribution in [3.05, 3.63) is 35.0 Å². The van der Waals surface area contributed by atoms with E-state index >= 15 is 0 Å². The van der Waals surface area contributed by atoms with Crippen LogP contribution in [0, 0.1) is 5.92 Å². The number of methoxy groups -OCH3 is 1. The van der Waals surface area contributed by atoms with Crippen LogP contribution in [0.1, 0.15) is 30.9 Å². The molecule has 1 aliphatic heterocycles.